The van der Waals surface area contributed by atoms with E-state index in [4.69, 9.17) is 4.74 Å². The van der Waals surface area contributed by atoms with Gasteiger partial charge in [0.15, 0.2) is 0 Å². The number of likely N-dealkylation sites (tertiary alicyclic amines) is 1. The van der Waals surface area contributed by atoms with E-state index in [0.29, 0.717) is 0 Å². The zero-order valence-corrected chi connectivity index (χ0v) is 10.9. The molecule has 2 amide bonds. The summed E-state index contributed by atoms with van der Waals surface area (Å²) in [5, 5.41) is 2.11. The first-order valence-corrected chi connectivity index (χ1v) is 5.96. The fourth-order valence-corrected chi connectivity index (χ4v) is 1.68. The molecular formula is C10H16N2O5S. The highest BCUT2D eigenvalue weighted by atomic mass is 32.1. The van der Waals surface area contributed by atoms with Gasteiger partial charge in [-0.15, -0.1) is 0 Å². The second kappa shape index (κ2) is 7.34. The Morgan fingerprint density at radius 3 is 2.72 bits per heavy atom. The number of imide groups is 1. The van der Waals surface area contributed by atoms with Gasteiger partial charge in [-0.1, -0.05) is 12.6 Å². The Kier molecular flexibility index (Phi) is 6.10. The minimum Gasteiger partial charge on any atom is -0.455 e. The van der Waals surface area contributed by atoms with Crippen LogP contribution in [0.5, 0.6) is 0 Å². The van der Waals surface area contributed by atoms with Crippen molar-refractivity contribution in [2.75, 3.05) is 33.4 Å². The summed E-state index contributed by atoms with van der Waals surface area (Å²) >= 11 is 3.42. The van der Waals surface area contributed by atoms with Crippen LogP contribution >= 0.6 is 12.6 Å². The fraction of sp³-hybridized carbons (Fsp3) is 0.700. The molecule has 1 N–H and O–H groups in total. The Morgan fingerprint density at radius 1 is 1.44 bits per heavy atom. The van der Waals surface area contributed by atoms with E-state index in [1.54, 1.807) is 7.05 Å². The lowest BCUT2D eigenvalue weighted by Crippen LogP contribution is -2.38. The van der Waals surface area contributed by atoms with Crippen molar-refractivity contribution in [3.05, 3.63) is 0 Å². The highest BCUT2D eigenvalue weighted by molar-refractivity contribution is 7.96. The molecule has 1 unspecified atom stereocenters. The van der Waals surface area contributed by atoms with Crippen LogP contribution in [-0.4, -0.2) is 61.5 Å². The molecule has 1 heterocycles. The number of nitrogens with one attached hydrogen (secondary N) is 1. The van der Waals surface area contributed by atoms with E-state index in [9.17, 15) is 14.4 Å². The third kappa shape index (κ3) is 4.28. The van der Waals surface area contributed by atoms with Crippen LogP contribution in [0, 0.1) is 0 Å². The molecule has 8 heteroatoms. The molecule has 18 heavy (non-hydrogen) atoms. The molecule has 1 saturated heterocycles. The highest BCUT2D eigenvalue weighted by Crippen LogP contribution is 2.11. The van der Waals surface area contributed by atoms with Crippen LogP contribution in [-0.2, 0) is 19.1 Å². The molecule has 1 atom stereocenters. The Balaban J connectivity index is 2.17. The van der Waals surface area contributed by atoms with E-state index in [0.717, 1.165) is 0 Å². The minimum absolute atomic E-state index is 0.101. The van der Waals surface area contributed by atoms with Gasteiger partial charge < -0.3 is 14.8 Å². The number of amides is 2. The first-order valence-electron chi connectivity index (χ1n) is 5.51. The van der Waals surface area contributed by atoms with E-state index in [1.807, 2.05) is 0 Å². The van der Waals surface area contributed by atoms with Gasteiger partial charge in [0.2, 0.25) is 11.8 Å². The number of ether oxygens (including phenoxy) is 2. The molecule has 0 radical (unpaired) electrons. The molecule has 1 fully saturated rings. The van der Waals surface area contributed by atoms with Gasteiger partial charge in [0, 0.05) is 0 Å². The summed E-state index contributed by atoms with van der Waals surface area (Å²) in [6.45, 7) is 0.740. The summed E-state index contributed by atoms with van der Waals surface area (Å²) in [7, 11) is 1.64. The maximum absolute atomic E-state index is 11.7. The number of hydrogen-bond donors (Lipinski definition) is 2. The first-order chi connectivity index (χ1) is 8.56. The summed E-state index contributed by atoms with van der Waals surface area (Å²) in [4.78, 5) is 34.7. The molecule has 0 aromatic heterocycles. The number of likely N-dealkylation sites (N-methyl/N-ethyl adjacent to an activating group) is 1. The van der Waals surface area contributed by atoms with Crippen LogP contribution in [0.15, 0.2) is 0 Å². The predicted octanol–water partition coefficient (Wildman–Crippen LogP) is -0.584. The largest absolute Gasteiger partial charge is 0.455 e. The maximum Gasteiger partial charge on any atom is 0.364 e. The van der Waals surface area contributed by atoms with Crippen LogP contribution in [0.25, 0.3) is 0 Å². The summed E-state index contributed by atoms with van der Waals surface area (Å²) < 4.78 is 9.67. The molecule has 0 aromatic rings. The number of carbonyl (C=O) groups excluding carboxylic acids is 3. The van der Waals surface area contributed by atoms with Crippen LogP contribution in [0.2, 0.25) is 0 Å². The Morgan fingerprint density at radius 2 is 2.17 bits per heavy atom. The third-order valence-electron chi connectivity index (χ3n) is 2.50. The van der Waals surface area contributed by atoms with Crippen molar-refractivity contribution < 1.29 is 23.9 Å². The number of nitrogens with zero attached hydrogens (tertiary/aromatic N) is 1. The molecule has 0 saturated carbocycles. The highest BCUT2D eigenvalue weighted by Gasteiger charge is 2.36. The quantitative estimate of drug-likeness (QED) is 0.280. The number of carbonyl (C=O) groups is 3. The molecule has 0 bridgehead atoms. The van der Waals surface area contributed by atoms with E-state index in [2.05, 4.69) is 22.7 Å². The number of rotatable bonds is 7. The van der Waals surface area contributed by atoms with Gasteiger partial charge in [-0.05, 0) is 7.05 Å². The molecule has 0 spiro atoms. The maximum atomic E-state index is 11.7. The average molecular weight is 276 g/mol. The van der Waals surface area contributed by atoms with Crippen molar-refractivity contribution >= 4 is 29.7 Å². The smallest absolute Gasteiger partial charge is 0.364 e. The van der Waals surface area contributed by atoms with Gasteiger partial charge in [-0.3, -0.25) is 14.5 Å². The predicted molar refractivity (Wildman–Crippen MR) is 65.3 cm³/mol. The van der Waals surface area contributed by atoms with E-state index in [1.165, 1.54) is 4.90 Å². The van der Waals surface area contributed by atoms with Crippen molar-refractivity contribution in [1.82, 2.24) is 10.2 Å². The fourth-order valence-electron chi connectivity index (χ4n) is 1.59. The van der Waals surface area contributed by atoms with Gasteiger partial charge >= 0.3 is 5.30 Å². The Bertz CT molecular complexity index is 336. The standard InChI is InChI=1S/C10H16N2O5S/c1-11-7-6-8(13)12(9(7)14)2-3-16-4-5-17-10(15)18/h7,11H,2-6H2,1H3,(H,15,18). The first kappa shape index (κ1) is 14.9. The van der Waals surface area contributed by atoms with E-state index >= 15 is 0 Å². The normalized spacial score (nSPS) is 19.4. The molecule has 1 rings (SSSR count). The second-order valence-corrected chi connectivity index (χ2v) is 4.02. The van der Waals surface area contributed by atoms with Crippen LogP contribution in [0.1, 0.15) is 6.42 Å². The van der Waals surface area contributed by atoms with Gasteiger partial charge in [0.25, 0.3) is 0 Å². The molecular weight excluding hydrogens is 260 g/mol. The van der Waals surface area contributed by atoms with Crippen molar-refractivity contribution in [3.63, 3.8) is 0 Å². The number of hydrogen-bond acceptors (Lipinski definition) is 6. The summed E-state index contributed by atoms with van der Waals surface area (Å²) in [5.41, 5.74) is 0. The summed E-state index contributed by atoms with van der Waals surface area (Å²) in [5.74, 6) is -0.433. The number of thiol groups is 1. The van der Waals surface area contributed by atoms with Crippen LogP contribution in [0.4, 0.5) is 4.79 Å². The zero-order chi connectivity index (χ0) is 13.5. The Hall–Kier alpha value is -1.12. The van der Waals surface area contributed by atoms with Crippen molar-refractivity contribution in [2.45, 2.75) is 12.5 Å². The molecule has 102 valence electrons. The second-order valence-electron chi connectivity index (χ2n) is 3.66. The van der Waals surface area contributed by atoms with E-state index < -0.39 is 11.3 Å². The zero-order valence-electron chi connectivity index (χ0n) is 10.0. The lowest BCUT2D eigenvalue weighted by molar-refractivity contribution is -0.139. The molecule has 1 aliphatic heterocycles. The molecule has 1 aliphatic rings. The lowest BCUT2D eigenvalue weighted by Gasteiger charge is -2.14. The topological polar surface area (TPSA) is 84.9 Å². The molecule has 0 aliphatic carbocycles. The Labute approximate surface area is 110 Å². The van der Waals surface area contributed by atoms with Crippen LogP contribution < -0.4 is 5.32 Å². The van der Waals surface area contributed by atoms with Gasteiger partial charge in [-0.2, -0.15) is 0 Å². The van der Waals surface area contributed by atoms with Gasteiger partial charge in [0.1, 0.15) is 6.61 Å². The average Bonchev–Trinajstić information content (AvgIpc) is 2.59. The molecule has 7 nitrogen and oxygen atoms in total. The minimum atomic E-state index is -0.666. The van der Waals surface area contributed by atoms with Crippen molar-refractivity contribution in [2.24, 2.45) is 0 Å². The third-order valence-corrected chi connectivity index (χ3v) is 2.63. The van der Waals surface area contributed by atoms with E-state index in [-0.39, 0.29) is 44.6 Å². The monoisotopic (exact) mass is 276 g/mol. The lowest BCUT2D eigenvalue weighted by atomic mass is 10.2. The summed E-state index contributed by atoms with van der Waals surface area (Å²) in [6, 6.07) is -0.428. The van der Waals surface area contributed by atoms with Crippen molar-refractivity contribution in [3.8, 4) is 0 Å². The molecule has 0 aromatic carbocycles. The van der Waals surface area contributed by atoms with Crippen molar-refractivity contribution in [1.29, 1.82) is 0 Å². The SMILES string of the molecule is CNC1CC(=O)N(CCOCCOC(=O)S)C1=O. The summed E-state index contributed by atoms with van der Waals surface area (Å²) in [6.07, 6.45) is 0.187. The van der Waals surface area contributed by atoms with Crippen LogP contribution in [0.3, 0.4) is 0 Å². The van der Waals surface area contributed by atoms with Gasteiger partial charge in [-0.25, -0.2) is 4.79 Å². The van der Waals surface area contributed by atoms with Gasteiger partial charge in [0.05, 0.1) is 32.2 Å².